The molecule has 0 unspecified atom stereocenters. The average Bonchev–Trinajstić information content (AvgIpc) is 3.11. The summed E-state index contributed by atoms with van der Waals surface area (Å²) in [7, 11) is 0. The average molecular weight is 389 g/mol. The molecule has 140 valence electrons. The van der Waals surface area contributed by atoms with Gasteiger partial charge in [-0.15, -0.1) is 10.2 Å². The highest BCUT2D eigenvalue weighted by Gasteiger charge is 2.15. The molecule has 4 aromatic rings. The first-order valence-electron chi connectivity index (χ1n) is 9.12. The van der Waals surface area contributed by atoms with E-state index >= 15 is 0 Å². The second-order valence-corrected chi connectivity index (χ2v) is 7.55. The predicted molar refractivity (Wildman–Crippen MR) is 111 cm³/mol. The zero-order chi connectivity index (χ0) is 19.3. The monoisotopic (exact) mass is 389 g/mol. The maximum absolute atomic E-state index is 14.0. The molecule has 3 nitrogen and oxygen atoms in total. The zero-order valence-electron chi connectivity index (χ0n) is 15.5. The van der Waals surface area contributed by atoms with Crippen LogP contribution in [0.2, 0.25) is 0 Å². The van der Waals surface area contributed by atoms with E-state index in [9.17, 15) is 4.39 Å². The van der Waals surface area contributed by atoms with Crippen LogP contribution in [0.5, 0.6) is 0 Å². The molecule has 1 heterocycles. The summed E-state index contributed by atoms with van der Waals surface area (Å²) in [6, 6.07) is 25.4. The smallest absolute Gasteiger partial charge is 0.196 e. The number of rotatable bonds is 6. The fourth-order valence-electron chi connectivity index (χ4n) is 3.00. The van der Waals surface area contributed by atoms with Gasteiger partial charge in [-0.2, -0.15) is 0 Å². The Morgan fingerprint density at radius 2 is 1.57 bits per heavy atom. The molecule has 0 aliphatic rings. The van der Waals surface area contributed by atoms with Crippen LogP contribution >= 0.6 is 11.8 Å². The van der Waals surface area contributed by atoms with E-state index in [-0.39, 0.29) is 5.82 Å². The van der Waals surface area contributed by atoms with Gasteiger partial charge in [-0.05, 0) is 36.2 Å². The Labute approximate surface area is 168 Å². The molecule has 0 fully saturated rings. The summed E-state index contributed by atoms with van der Waals surface area (Å²) in [5.74, 6) is 1.18. The highest BCUT2D eigenvalue weighted by molar-refractivity contribution is 7.98. The van der Waals surface area contributed by atoms with Crippen LogP contribution in [0.1, 0.15) is 22.5 Å². The van der Waals surface area contributed by atoms with Crippen LogP contribution in [0.3, 0.4) is 0 Å². The molecule has 0 N–H and O–H groups in total. The lowest BCUT2D eigenvalue weighted by Crippen LogP contribution is -2.04. The Morgan fingerprint density at radius 3 is 2.32 bits per heavy atom. The van der Waals surface area contributed by atoms with Gasteiger partial charge in [0, 0.05) is 17.9 Å². The molecule has 0 aliphatic carbocycles. The molecule has 0 amide bonds. The van der Waals surface area contributed by atoms with Gasteiger partial charge in [-0.1, -0.05) is 78.0 Å². The van der Waals surface area contributed by atoms with Crippen molar-refractivity contribution in [2.45, 2.75) is 24.3 Å². The first-order valence-corrected chi connectivity index (χ1v) is 10.1. The van der Waals surface area contributed by atoms with Crippen molar-refractivity contribution in [1.82, 2.24) is 14.8 Å². The Hall–Kier alpha value is -2.92. The molecule has 0 aliphatic heterocycles. The second kappa shape index (κ2) is 8.40. The quantitative estimate of drug-likeness (QED) is 0.402. The van der Waals surface area contributed by atoms with Crippen molar-refractivity contribution in [1.29, 1.82) is 0 Å². The van der Waals surface area contributed by atoms with Crippen molar-refractivity contribution >= 4 is 11.8 Å². The fraction of sp³-hybridized carbons (Fsp3) is 0.130. The van der Waals surface area contributed by atoms with Gasteiger partial charge in [0.05, 0.1) is 0 Å². The molecule has 0 saturated carbocycles. The minimum atomic E-state index is -0.194. The lowest BCUT2D eigenvalue weighted by Gasteiger charge is -2.11. The Morgan fingerprint density at radius 1 is 0.857 bits per heavy atom. The third-order valence-corrected chi connectivity index (χ3v) is 5.49. The van der Waals surface area contributed by atoms with Gasteiger partial charge >= 0.3 is 0 Å². The lowest BCUT2D eigenvalue weighted by atomic mass is 10.1. The number of thioether (sulfide) groups is 1. The summed E-state index contributed by atoms with van der Waals surface area (Å²) in [4.78, 5) is 0. The molecule has 3 aromatic carbocycles. The predicted octanol–water partition coefficient (Wildman–Crippen LogP) is 5.60. The largest absolute Gasteiger partial charge is 0.274 e. The topological polar surface area (TPSA) is 30.7 Å². The minimum absolute atomic E-state index is 0.194. The zero-order valence-corrected chi connectivity index (χ0v) is 16.4. The molecule has 0 spiro atoms. The van der Waals surface area contributed by atoms with Gasteiger partial charge in [0.2, 0.25) is 0 Å². The summed E-state index contributed by atoms with van der Waals surface area (Å²) in [5, 5.41) is 9.61. The van der Waals surface area contributed by atoms with E-state index in [1.807, 2.05) is 24.3 Å². The molecule has 0 saturated heterocycles. The van der Waals surface area contributed by atoms with Gasteiger partial charge in [-0.3, -0.25) is 4.57 Å². The van der Waals surface area contributed by atoms with Gasteiger partial charge in [0.25, 0.3) is 0 Å². The van der Waals surface area contributed by atoms with Crippen LogP contribution in [0.4, 0.5) is 4.39 Å². The number of benzene rings is 3. The Kier molecular flexibility index (Phi) is 5.53. The van der Waals surface area contributed by atoms with E-state index in [1.54, 1.807) is 12.1 Å². The van der Waals surface area contributed by atoms with Crippen LogP contribution in [0, 0.1) is 12.7 Å². The number of aromatic nitrogens is 3. The third kappa shape index (κ3) is 4.15. The van der Waals surface area contributed by atoms with E-state index in [4.69, 9.17) is 0 Å². The van der Waals surface area contributed by atoms with Crippen LogP contribution in [-0.2, 0) is 12.2 Å². The van der Waals surface area contributed by atoms with E-state index in [1.165, 1.54) is 29.0 Å². The fourth-order valence-corrected chi connectivity index (χ4v) is 3.95. The molecule has 1 aromatic heterocycles. The number of hydrogen-bond donors (Lipinski definition) is 0. The van der Waals surface area contributed by atoms with Gasteiger partial charge in [-0.25, -0.2) is 4.39 Å². The molecular formula is C23H20FN3S. The van der Waals surface area contributed by atoms with E-state index < -0.39 is 0 Å². The first-order chi connectivity index (χ1) is 13.7. The van der Waals surface area contributed by atoms with Crippen LogP contribution in [-0.4, -0.2) is 14.8 Å². The van der Waals surface area contributed by atoms with E-state index in [0.29, 0.717) is 17.7 Å². The van der Waals surface area contributed by atoms with Gasteiger partial charge in [0.15, 0.2) is 5.16 Å². The third-order valence-electron chi connectivity index (χ3n) is 4.51. The number of aryl methyl sites for hydroxylation is 1. The maximum Gasteiger partial charge on any atom is 0.196 e. The Balaban J connectivity index is 1.67. The molecule has 0 atom stereocenters. The lowest BCUT2D eigenvalue weighted by molar-refractivity contribution is 0.617. The highest BCUT2D eigenvalue weighted by Crippen LogP contribution is 2.27. The Bertz CT molecular complexity index is 1060. The number of nitrogens with zero attached hydrogens (tertiary/aromatic N) is 3. The van der Waals surface area contributed by atoms with Gasteiger partial charge in [0.1, 0.15) is 11.6 Å². The molecular weight excluding hydrogens is 369 g/mol. The standard InChI is InChI=1S/C23H20FN3S/c1-17-11-13-20(14-12-17)27-22(15-18-7-3-2-4-8-18)25-26-23(27)28-16-19-9-5-6-10-21(19)24/h2-14H,15-16H2,1H3. The van der Waals surface area contributed by atoms with Crippen LogP contribution in [0.15, 0.2) is 84.0 Å². The summed E-state index contributed by atoms with van der Waals surface area (Å²) < 4.78 is 16.1. The molecule has 4 rings (SSSR count). The summed E-state index contributed by atoms with van der Waals surface area (Å²) in [6.45, 7) is 2.06. The number of halogens is 1. The van der Waals surface area contributed by atoms with Crippen LogP contribution < -0.4 is 0 Å². The SMILES string of the molecule is Cc1ccc(-n2c(Cc3ccccc3)nnc2SCc2ccccc2F)cc1. The summed E-state index contributed by atoms with van der Waals surface area (Å²) >= 11 is 1.49. The highest BCUT2D eigenvalue weighted by atomic mass is 32.2. The molecule has 0 radical (unpaired) electrons. The van der Waals surface area contributed by atoms with E-state index in [0.717, 1.165) is 16.7 Å². The normalized spacial score (nSPS) is 10.9. The summed E-state index contributed by atoms with van der Waals surface area (Å²) in [6.07, 6.45) is 0.683. The van der Waals surface area contributed by atoms with Crippen molar-refractivity contribution in [2.24, 2.45) is 0 Å². The molecule has 0 bridgehead atoms. The second-order valence-electron chi connectivity index (χ2n) is 6.61. The number of hydrogen-bond acceptors (Lipinski definition) is 3. The van der Waals surface area contributed by atoms with Crippen LogP contribution in [0.25, 0.3) is 5.69 Å². The maximum atomic E-state index is 14.0. The minimum Gasteiger partial charge on any atom is -0.274 e. The van der Waals surface area contributed by atoms with Crippen molar-refractivity contribution in [3.05, 3.63) is 107 Å². The van der Waals surface area contributed by atoms with Crippen molar-refractivity contribution in [3.63, 3.8) is 0 Å². The first kappa shape index (κ1) is 18.4. The van der Waals surface area contributed by atoms with Crippen molar-refractivity contribution < 1.29 is 4.39 Å². The van der Waals surface area contributed by atoms with Gasteiger partial charge < -0.3 is 0 Å². The van der Waals surface area contributed by atoms with Crippen molar-refractivity contribution in [3.8, 4) is 5.69 Å². The van der Waals surface area contributed by atoms with E-state index in [2.05, 4.69) is 58.1 Å². The summed E-state index contributed by atoms with van der Waals surface area (Å²) in [5.41, 5.74) is 4.05. The van der Waals surface area contributed by atoms with Crippen molar-refractivity contribution in [2.75, 3.05) is 0 Å². The molecule has 28 heavy (non-hydrogen) atoms. The molecule has 5 heteroatoms.